The van der Waals surface area contributed by atoms with Crippen LogP contribution in [-0.4, -0.2) is 32.7 Å². The number of ether oxygens (including phenoxy) is 1. The summed E-state index contributed by atoms with van der Waals surface area (Å²) >= 11 is 1.73. The fraction of sp³-hybridized carbons (Fsp3) is 0.167. The summed E-state index contributed by atoms with van der Waals surface area (Å²) in [7, 11) is 1.66. The third-order valence-corrected chi connectivity index (χ3v) is 4.72. The lowest BCUT2D eigenvalue weighted by Crippen LogP contribution is -1.98. The third kappa shape index (κ3) is 2.39. The minimum atomic E-state index is 0.733. The predicted octanol–water partition coefficient (Wildman–Crippen LogP) is 4.07. The van der Waals surface area contributed by atoms with E-state index in [9.17, 15) is 0 Å². The van der Waals surface area contributed by atoms with Gasteiger partial charge in [-0.05, 0) is 30.0 Å². The van der Waals surface area contributed by atoms with Crippen LogP contribution in [0.1, 0.15) is 6.92 Å². The summed E-state index contributed by atoms with van der Waals surface area (Å²) in [5.74, 6) is 2.51. The van der Waals surface area contributed by atoms with Crippen LogP contribution < -0.4 is 4.74 Å². The Bertz CT molecular complexity index is 1010. The molecule has 0 saturated heterocycles. The van der Waals surface area contributed by atoms with Gasteiger partial charge in [0, 0.05) is 16.3 Å². The summed E-state index contributed by atoms with van der Waals surface area (Å²) in [6.45, 7) is 2.13. The maximum Gasteiger partial charge on any atom is 0.186 e. The van der Waals surface area contributed by atoms with E-state index in [0.717, 1.165) is 44.3 Å². The lowest BCUT2D eigenvalue weighted by Gasteiger charge is -2.07. The number of nitrogens with zero attached hydrogens (tertiary/aromatic N) is 4. The van der Waals surface area contributed by atoms with E-state index in [0.29, 0.717) is 0 Å². The van der Waals surface area contributed by atoms with Crippen LogP contribution in [0.5, 0.6) is 5.75 Å². The monoisotopic (exact) mass is 336 g/mol. The van der Waals surface area contributed by atoms with Crippen LogP contribution in [-0.2, 0) is 0 Å². The molecular weight excluding hydrogens is 320 g/mol. The van der Waals surface area contributed by atoms with Crippen LogP contribution in [0, 0.1) is 0 Å². The van der Waals surface area contributed by atoms with Crippen molar-refractivity contribution in [2.24, 2.45) is 0 Å². The molecule has 0 radical (unpaired) electrons. The lowest BCUT2D eigenvalue weighted by molar-refractivity contribution is 0.415. The highest BCUT2D eigenvalue weighted by Crippen LogP contribution is 2.30. The van der Waals surface area contributed by atoms with Crippen molar-refractivity contribution in [1.29, 1.82) is 0 Å². The largest absolute Gasteiger partial charge is 0.497 e. The van der Waals surface area contributed by atoms with Gasteiger partial charge in [0.1, 0.15) is 10.8 Å². The molecular formula is C18H16N4OS. The standard InChI is InChI=1S/C18H16N4OS/c1-3-24-18-15-7-5-4-6-14(15)17-20-19-16(22(17)21-18)12-8-10-13(23-2)11-9-12/h4-11H,3H2,1-2H3. The average Bonchev–Trinajstić information content (AvgIpc) is 3.06. The molecule has 4 aromatic rings. The van der Waals surface area contributed by atoms with Crippen molar-refractivity contribution < 1.29 is 4.74 Å². The van der Waals surface area contributed by atoms with Gasteiger partial charge in [-0.2, -0.15) is 9.61 Å². The summed E-state index contributed by atoms with van der Waals surface area (Å²) in [6, 6.07) is 16.0. The first-order valence-electron chi connectivity index (χ1n) is 7.73. The van der Waals surface area contributed by atoms with E-state index in [1.807, 2.05) is 40.9 Å². The van der Waals surface area contributed by atoms with E-state index in [4.69, 9.17) is 9.84 Å². The van der Waals surface area contributed by atoms with Gasteiger partial charge in [0.15, 0.2) is 11.5 Å². The molecule has 0 spiro atoms. The van der Waals surface area contributed by atoms with Gasteiger partial charge >= 0.3 is 0 Å². The maximum atomic E-state index is 5.22. The second-order valence-corrected chi connectivity index (χ2v) is 6.52. The summed E-state index contributed by atoms with van der Waals surface area (Å²) in [4.78, 5) is 0. The topological polar surface area (TPSA) is 52.3 Å². The number of rotatable bonds is 4. The zero-order valence-corrected chi connectivity index (χ0v) is 14.2. The molecule has 0 bridgehead atoms. The number of hydrogen-bond acceptors (Lipinski definition) is 5. The van der Waals surface area contributed by atoms with Crippen LogP contribution in [0.4, 0.5) is 0 Å². The Kier molecular flexibility index (Phi) is 3.82. The molecule has 0 aliphatic rings. The third-order valence-electron chi connectivity index (χ3n) is 3.86. The van der Waals surface area contributed by atoms with Crippen molar-refractivity contribution in [2.45, 2.75) is 11.9 Å². The van der Waals surface area contributed by atoms with Gasteiger partial charge in [0.05, 0.1) is 7.11 Å². The number of methoxy groups -OCH3 is 1. The minimum Gasteiger partial charge on any atom is -0.497 e. The average molecular weight is 336 g/mol. The van der Waals surface area contributed by atoms with E-state index < -0.39 is 0 Å². The number of hydrogen-bond donors (Lipinski definition) is 0. The van der Waals surface area contributed by atoms with E-state index in [-0.39, 0.29) is 0 Å². The first kappa shape index (κ1) is 15.0. The van der Waals surface area contributed by atoms with Crippen LogP contribution in [0.25, 0.3) is 27.8 Å². The van der Waals surface area contributed by atoms with E-state index in [1.54, 1.807) is 18.9 Å². The van der Waals surface area contributed by atoms with Crippen molar-refractivity contribution in [3.63, 3.8) is 0 Å². The van der Waals surface area contributed by atoms with Gasteiger partial charge in [-0.25, -0.2) is 0 Å². The second kappa shape index (κ2) is 6.13. The molecule has 6 heteroatoms. The molecule has 2 aromatic heterocycles. The molecule has 5 nitrogen and oxygen atoms in total. The fourth-order valence-electron chi connectivity index (χ4n) is 2.72. The van der Waals surface area contributed by atoms with E-state index in [2.05, 4.69) is 29.3 Å². The van der Waals surface area contributed by atoms with Crippen LogP contribution in [0.15, 0.2) is 53.6 Å². The van der Waals surface area contributed by atoms with Gasteiger partial charge < -0.3 is 4.74 Å². The first-order chi connectivity index (χ1) is 11.8. The quantitative estimate of drug-likeness (QED) is 0.526. The number of aromatic nitrogens is 4. The zero-order valence-electron chi connectivity index (χ0n) is 13.4. The molecule has 4 rings (SSSR count). The molecule has 0 atom stereocenters. The maximum absolute atomic E-state index is 5.22. The van der Waals surface area contributed by atoms with E-state index in [1.165, 1.54) is 0 Å². The Morgan fingerprint density at radius 2 is 1.75 bits per heavy atom. The molecule has 2 heterocycles. The van der Waals surface area contributed by atoms with Crippen molar-refractivity contribution >= 4 is 28.2 Å². The van der Waals surface area contributed by atoms with Gasteiger partial charge in [-0.1, -0.05) is 31.2 Å². The normalized spacial score (nSPS) is 11.2. The van der Waals surface area contributed by atoms with Crippen LogP contribution >= 0.6 is 11.8 Å². The van der Waals surface area contributed by atoms with Crippen LogP contribution in [0.2, 0.25) is 0 Å². The molecule has 0 saturated carbocycles. The highest BCUT2D eigenvalue weighted by atomic mass is 32.2. The molecule has 2 aromatic carbocycles. The molecule has 0 fully saturated rings. The summed E-state index contributed by atoms with van der Waals surface area (Å²) in [5, 5.41) is 16.7. The number of benzene rings is 2. The predicted molar refractivity (Wildman–Crippen MR) is 96.7 cm³/mol. The summed E-state index contributed by atoms with van der Waals surface area (Å²) in [6.07, 6.45) is 0. The Balaban J connectivity index is 1.97. The SMILES string of the molecule is CCSc1nn2c(-c3ccc(OC)cc3)nnc2c2ccccc12. The number of thioether (sulfide) groups is 1. The first-order valence-corrected chi connectivity index (χ1v) is 8.71. The van der Waals surface area contributed by atoms with Crippen molar-refractivity contribution in [3.8, 4) is 17.1 Å². The van der Waals surface area contributed by atoms with Gasteiger partial charge in [-0.3, -0.25) is 0 Å². The molecule has 0 amide bonds. The number of fused-ring (bicyclic) bond motifs is 3. The molecule has 0 unspecified atom stereocenters. The zero-order chi connectivity index (χ0) is 16.5. The van der Waals surface area contributed by atoms with Gasteiger partial charge in [-0.15, -0.1) is 22.0 Å². The molecule has 0 aliphatic carbocycles. The van der Waals surface area contributed by atoms with Crippen molar-refractivity contribution in [3.05, 3.63) is 48.5 Å². The minimum absolute atomic E-state index is 0.733. The van der Waals surface area contributed by atoms with E-state index >= 15 is 0 Å². The summed E-state index contributed by atoms with van der Waals surface area (Å²) < 4.78 is 7.06. The second-order valence-electron chi connectivity index (χ2n) is 5.27. The molecule has 24 heavy (non-hydrogen) atoms. The van der Waals surface area contributed by atoms with Crippen molar-refractivity contribution in [2.75, 3.05) is 12.9 Å². The highest BCUT2D eigenvalue weighted by molar-refractivity contribution is 7.99. The van der Waals surface area contributed by atoms with Crippen LogP contribution in [0.3, 0.4) is 0 Å². The Morgan fingerprint density at radius 3 is 2.46 bits per heavy atom. The molecule has 0 N–H and O–H groups in total. The summed E-state index contributed by atoms with van der Waals surface area (Å²) in [5.41, 5.74) is 1.73. The smallest absolute Gasteiger partial charge is 0.186 e. The fourth-order valence-corrected chi connectivity index (χ4v) is 3.46. The molecule has 120 valence electrons. The Hall–Kier alpha value is -2.60. The van der Waals surface area contributed by atoms with Crippen molar-refractivity contribution in [1.82, 2.24) is 19.8 Å². The Labute approximate surface area is 143 Å². The van der Waals surface area contributed by atoms with Gasteiger partial charge in [0.25, 0.3) is 0 Å². The Morgan fingerprint density at radius 1 is 1.00 bits per heavy atom. The lowest BCUT2D eigenvalue weighted by atomic mass is 10.2. The van der Waals surface area contributed by atoms with Gasteiger partial charge in [0.2, 0.25) is 0 Å². The molecule has 0 aliphatic heterocycles. The highest BCUT2D eigenvalue weighted by Gasteiger charge is 2.15.